The number of nitrogens with zero attached hydrogens (tertiary/aromatic N) is 2. The highest BCUT2D eigenvalue weighted by Crippen LogP contribution is 2.26. The van der Waals surface area contributed by atoms with Gasteiger partial charge in [0.05, 0.1) is 4.90 Å². The lowest BCUT2D eigenvalue weighted by molar-refractivity contribution is 0.0785. The summed E-state index contributed by atoms with van der Waals surface area (Å²) in [5, 5.41) is 0. The van der Waals surface area contributed by atoms with Crippen molar-refractivity contribution in [3.8, 4) is 0 Å². The molecule has 0 N–H and O–H groups in total. The molecule has 0 aliphatic carbocycles. The van der Waals surface area contributed by atoms with Crippen LogP contribution in [0.2, 0.25) is 0 Å². The zero-order valence-electron chi connectivity index (χ0n) is 15.4. The van der Waals surface area contributed by atoms with Gasteiger partial charge in [0.15, 0.2) is 0 Å². The summed E-state index contributed by atoms with van der Waals surface area (Å²) in [4.78, 5) is 14.4. The van der Waals surface area contributed by atoms with Crippen molar-refractivity contribution < 1.29 is 13.2 Å². The Bertz CT molecular complexity index is 894. The minimum absolute atomic E-state index is 0.0778. The first-order chi connectivity index (χ1) is 12.2. The molecule has 1 amide bonds. The minimum atomic E-state index is -3.64. The van der Waals surface area contributed by atoms with Crippen LogP contribution in [0.1, 0.15) is 28.4 Å². The number of benzene rings is 2. The van der Waals surface area contributed by atoms with Crippen LogP contribution >= 0.6 is 15.9 Å². The van der Waals surface area contributed by atoms with E-state index in [4.69, 9.17) is 0 Å². The number of sulfonamides is 1. The Morgan fingerprint density at radius 2 is 1.58 bits per heavy atom. The minimum Gasteiger partial charge on any atom is -0.337 e. The summed E-state index contributed by atoms with van der Waals surface area (Å²) in [6.07, 6.45) is 0.969. The molecule has 0 aromatic heterocycles. The molecule has 0 bridgehead atoms. The van der Waals surface area contributed by atoms with Crippen LogP contribution in [-0.4, -0.2) is 44.7 Å². The van der Waals surface area contributed by atoms with Crippen LogP contribution in [-0.2, 0) is 23.0 Å². The molecule has 0 aliphatic heterocycles. The summed E-state index contributed by atoms with van der Waals surface area (Å²) in [5.74, 6) is -0.229. The lowest BCUT2D eigenvalue weighted by atomic mass is 10.1. The summed E-state index contributed by atoms with van der Waals surface area (Å²) in [7, 11) is 0.988. The van der Waals surface area contributed by atoms with E-state index in [1.807, 2.05) is 12.1 Å². The number of aryl methyl sites for hydroxylation is 1. The fourth-order valence-electron chi connectivity index (χ4n) is 2.48. The lowest BCUT2D eigenvalue weighted by Gasteiger charge is -2.19. The third-order valence-corrected chi connectivity index (χ3v) is 6.94. The second-order valence-corrected chi connectivity index (χ2v) is 9.24. The number of carbonyl (C=O) groups excluding carboxylic acids is 1. The van der Waals surface area contributed by atoms with Crippen molar-refractivity contribution in [3.05, 3.63) is 63.6 Å². The molecule has 0 fully saturated rings. The molecular weight excluding hydrogens is 416 g/mol. The number of hydrogen-bond donors (Lipinski definition) is 0. The molecular formula is C19H23BrN2O3S. The lowest BCUT2D eigenvalue weighted by Crippen LogP contribution is -2.27. The molecule has 2 rings (SSSR count). The van der Waals surface area contributed by atoms with Gasteiger partial charge in [-0.25, -0.2) is 12.7 Å². The van der Waals surface area contributed by atoms with Crippen LogP contribution in [0.25, 0.3) is 0 Å². The number of carbonyl (C=O) groups is 1. The average molecular weight is 439 g/mol. The highest BCUT2D eigenvalue weighted by Gasteiger charge is 2.23. The van der Waals surface area contributed by atoms with E-state index in [0.717, 1.165) is 16.3 Å². The van der Waals surface area contributed by atoms with E-state index in [0.29, 0.717) is 16.6 Å². The van der Waals surface area contributed by atoms with Gasteiger partial charge >= 0.3 is 0 Å². The van der Waals surface area contributed by atoms with Gasteiger partial charge in [0.25, 0.3) is 5.91 Å². The van der Waals surface area contributed by atoms with E-state index in [9.17, 15) is 13.2 Å². The summed E-state index contributed by atoms with van der Waals surface area (Å²) >= 11 is 3.26. The molecule has 0 saturated carbocycles. The maximum Gasteiger partial charge on any atom is 0.253 e. The summed E-state index contributed by atoms with van der Waals surface area (Å²) in [5.41, 5.74) is 2.60. The van der Waals surface area contributed by atoms with E-state index in [2.05, 4.69) is 35.0 Å². The molecule has 0 saturated heterocycles. The maximum atomic E-state index is 12.7. The Balaban J connectivity index is 2.25. The third kappa shape index (κ3) is 4.52. The standard InChI is InChI=1S/C19H23BrN2O3S/c1-5-14-6-8-15(9-7-14)13-22(4)19(23)16-10-11-17(20)18(12-16)26(24,25)21(2)3/h6-12H,5,13H2,1-4H3. The second-order valence-electron chi connectivity index (χ2n) is 6.26. The monoisotopic (exact) mass is 438 g/mol. The van der Waals surface area contributed by atoms with Crippen molar-refractivity contribution in [2.75, 3.05) is 21.1 Å². The van der Waals surface area contributed by atoms with Crippen LogP contribution in [0.15, 0.2) is 51.8 Å². The molecule has 0 heterocycles. The van der Waals surface area contributed by atoms with Gasteiger partial charge in [-0.2, -0.15) is 0 Å². The van der Waals surface area contributed by atoms with Crippen LogP contribution in [0, 0.1) is 0 Å². The largest absolute Gasteiger partial charge is 0.337 e. The predicted octanol–water partition coefficient (Wildman–Crippen LogP) is 3.53. The quantitative estimate of drug-likeness (QED) is 0.692. The molecule has 2 aromatic rings. The van der Waals surface area contributed by atoms with E-state index in [1.165, 1.54) is 25.7 Å². The van der Waals surface area contributed by atoms with Crippen LogP contribution in [0.5, 0.6) is 0 Å². The Morgan fingerprint density at radius 3 is 2.12 bits per heavy atom. The van der Waals surface area contributed by atoms with Gasteiger partial charge in [-0.15, -0.1) is 0 Å². The zero-order valence-corrected chi connectivity index (χ0v) is 17.8. The average Bonchev–Trinajstić information content (AvgIpc) is 2.61. The summed E-state index contributed by atoms with van der Waals surface area (Å²) < 4.78 is 26.4. The third-order valence-electron chi connectivity index (χ3n) is 4.13. The summed E-state index contributed by atoms with van der Waals surface area (Å²) in [6, 6.07) is 12.7. The number of amides is 1. The van der Waals surface area contributed by atoms with Crippen molar-refractivity contribution in [2.24, 2.45) is 0 Å². The fourth-order valence-corrected chi connectivity index (χ4v) is 4.32. The van der Waals surface area contributed by atoms with Crippen molar-refractivity contribution in [1.29, 1.82) is 0 Å². The van der Waals surface area contributed by atoms with E-state index in [-0.39, 0.29) is 10.8 Å². The van der Waals surface area contributed by atoms with Crippen molar-refractivity contribution in [2.45, 2.75) is 24.8 Å². The molecule has 0 unspecified atom stereocenters. The summed E-state index contributed by atoms with van der Waals surface area (Å²) in [6.45, 7) is 2.55. The van der Waals surface area contributed by atoms with Crippen molar-refractivity contribution in [1.82, 2.24) is 9.21 Å². The number of rotatable bonds is 6. The SMILES string of the molecule is CCc1ccc(CN(C)C(=O)c2ccc(Br)c(S(=O)(=O)N(C)C)c2)cc1. The van der Waals surface area contributed by atoms with E-state index < -0.39 is 10.0 Å². The zero-order chi connectivity index (χ0) is 19.5. The van der Waals surface area contributed by atoms with Gasteiger partial charge in [-0.3, -0.25) is 4.79 Å². The Hall–Kier alpha value is -1.70. The highest BCUT2D eigenvalue weighted by molar-refractivity contribution is 9.10. The molecule has 0 atom stereocenters. The van der Waals surface area contributed by atoms with Crippen LogP contribution in [0.3, 0.4) is 0 Å². The molecule has 26 heavy (non-hydrogen) atoms. The van der Waals surface area contributed by atoms with Gasteiger partial charge in [-0.1, -0.05) is 31.2 Å². The number of hydrogen-bond acceptors (Lipinski definition) is 3. The van der Waals surface area contributed by atoms with Crippen molar-refractivity contribution in [3.63, 3.8) is 0 Å². The Kier molecular flexibility index (Phi) is 6.60. The Morgan fingerprint density at radius 1 is 1.00 bits per heavy atom. The second kappa shape index (κ2) is 8.33. The first-order valence-electron chi connectivity index (χ1n) is 8.22. The molecule has 5 nitrogen and oxygen atoms in total. The van der Waals surface area contributed by atoms with Crippen LogP contribution in [0.4, 0.5) is 0 Å². The van der Waals surface area contributed by atoms with Crippen LogP contribution < -0.4 is 0 Å². The predicted molar refractivity (Wildman–Crippen MR) is 107 cm³/mol. The van der Waals surface area contributed by atoms with Gasteiger partial charge in [0.1, 0.15) is 0 Å². The number of halogens is 1. The molecule has 0 spiro atoms. The van der Waals surface area contributed by atoms with Gasteiger partial charge in [-0.05, 0) is 51.7 Å². The topological polar surface area (TPSA) is 57.7 Å². The maximum absolute atomic E-state index is 12.7. The first kappa shape index (κ1) is 20.6. The first-order valence-corrected chi connectivity index (χ1v) is 10.5. The Labute approximate surface area is 163 Å². The van der Waals surface area contributed by atoms with E-state index >= 15 is 0 Å². The molecule has 7 heteroatoms. The fraction of sp³-hybridized carbons (Fsp3) is 0.316. The molecule has 0 aliphatic rings. The smallest absolute Gasteiger partial charge is 0.253 e. The molecule has 2 aromatic carbocycles. The molecule has 140 valence electrons. The van der Waals surface area contributed by atoms with Gasteiger partial charge in [0.2, 0.25) is 10.0 Å². The van der Waals surface area contributed by atoms with Gasteiger partial charge in [0, 0.05) is 37.7 Å². The van der Waals surface area contributed by atoms with Crippen molar-refractivity contribution >= 4 is 31.9 Å². The normalized spacial score (nSPS) is 11.6. The highest BCUT2D eigenvalue weighted by atomic mass is 79.9. The molecule has 0 radical (unpaired) electrons. The van der Waals surface area contributed by atoms with Gasteiger partial charge < -0.3 is 4.90 Å². The van der Waals surface area contributed by atoms with E-state index in [1.54, 1.807) is 24.1 Å².